The smallest absolute Gasteiger partial charge is 0.282 e. The van der Waals surface area contributed by atoms with Gasteiger partial charge in [0.05, 0.1) is 37.4 Å². The average Bonchev–Trinajstić information content (AvgIpc) is 2.56. The predicted molar refractivity (Wildman–Crippen MR) is 78.3 cm³/mol. The Morgan fingerprint density at radius 3 is 2.50 bits per heavy atom. The molecule has 1 aromatic heterocycles. The van der Waals surface area contributed by atoms with E-state index in [9.17, 15) is 8.42 Å². The van der Waals surface area contributed by atoms with Gasteiger partial charge < -0.3 is 9.47 Å². The lowest BCUT2D eigenvalue weighted by molar-refractivity contribution is -0.00865. The van der Waals surface area contributed by atoms with Crippen LogP contribution in [0.1, 0.15) is 17.5 Å². The van der Waals surface area contributed by atoms with Crippen molar-refractivity contribution in [3.8, 4) is 0 Å². The Balaban J connectivity index is 1.73. The van der Waals surface area contributed by atoms with Crippen molar-refractivity contribution in [1.82, 2.24) is 18.6 Å². The zero-order valence-corrected chi connectivity index (χ0v) is 13.3. The Morgan fingerprint density at radius 1 is 1.09 bits per heavy atom. The van der Waals surface area contributed by atoms with Gasteiger partial charge in [-0.3, -0.25) is 9.97 Å². The molecule has 1 atom stereocenters. The summed E-state index contributed by atoms with van der Waals surface area (Å²) in [7, 11) is -3.48. The number of aryl methyl sites for hydroxylation is 1. The lowest BCUT2D eigenvalue weighted by Crippen LogP contribution is -2.52. The van der Waals surface area contributed by atoms with E-state index in [-0.39, 0.29) is 12.6 Å². The van der Waals surface area contributed by atoms with Gasteiger partial charge in [-0.25, -0.2) is 0 Å². The van der Waals surface area contributed by atoms with Gasteiger partial charge in [0.1, 0.15) is 6.10 Å². The van der Waals surface area contributed by atoms with Gasteiger partial charge >= 0.3 is 0 Å². The number of morpholine rings is 2. The minimum Gasteiger partial charge on any atom is -0.379 e. The molecular weight excluding hydrogens is 308 g/mol. The average molecular weight is 328 g/mol. The molecule has 0 aliphatic carbocycles. The lowest BCUT2D eigenvalue weighted by Gasteiger charge is -2.36. The molecule has 1 aromatic rings. The first-order chi connectivity index (χ1) is 10.6. The summed E-state index contributed by atoms with van der Waals surface area (Å²) in [5.74, 6) is 0. The Kier molecular flexibility index (Phi) is 4.69. The van der Waals surface area contributed by atoms with Crippen molar-refractivity contribution in [3.05, 3.63) is 23.8 Å². The highest BCUT2D eigenvalue weighted by molar-refractivity contribution is 7.86. The topological polar surface area (TPSA) is 84.9 Å². The number of ether oxygens (including phenoxy) is 2. The Morgan fingerprint density at radius 2 is 1.82 bits per heavy atom. The summed E-state index contributed by atoms with van der Waals surface area (Å²) in [6, 6.07) is 0. The normalized spacial score (nSPS) is 25.2. The van der Waals surface area contributed by atoms with E-state index < -0.39 is 10.2 Å². The van der Waals surface area contributed by atoms with E-state index in [0.29, 0.717) is 45.1 Å². The minimum atomic E-state index is -3.48. The van der Waals surface area contributed by atoms with Crippen LogP contribution < -0.4 is 0 Å². The fraction of sp³-hybridized carbons (Fsp3) is 0.692. The van der Waals surface area contributed by atoms with Crippen LogP contribution in [0.3, 0.4) is 0 Å². The number of hydrogen-bond donors (Lipinski definition) is 0. The third-order valence-corrected chi connectivity index (χ3v) is 5.78. The summed E-state index contributed by atoms with van der Waals surface area (Å²) in [6.45, 7) is 4.50. The van der Waals surface area contributed by atoms with Crippen LogP contribution in [-0.4, -0.2) is 73.0 Å². The highest BCUT2D eigenvalue weighted by Crippen LogP contribution is 2.23. The van der Waals surface area contributed by atoms with Gasteiger partial charge in [0, 0.05) is 32.4 Å². The van der Waals surface area contributed by atoms with Gasteiger partial charge in [0.15, 0.2) is 0 Å². The molecule has 0 saturated carbocycles. The quantitative estimate of drug-likeness (QED) is 0.760. The zero-order valence-electron chi connectivity index (χ0n) is 12.5. The summed E-state index contributed by atoms with van der Waals surface area (Å²) < 4.78 is 39.2. The van der Waals surface area contributed by atoms with Crippen LogP contribution in [-0.2, 0) is 19.7 Å². The van der Waals surface area contributed by atoms with Gasteiger partial charge in [0.25, 0.3) is 10.2 Å². The molecule has 3 heterocycles. The van der Waals surface area contributed by atoms with Crippen LogP contribution in [0, 0.1) is 6.92 Å². The third kappa shape index (κ3) is 3.28. The zero-order chi connectivity index (χ0) is 15.6. The molecule has 22 heavy (non-hydrogen) atoms. The van der Waals surface area contributed by atoms with Crippen molar-refractivity contribution in [3.63, 3.8) is 0 Å². The number of rotatable bonds is 3. The Bertz CT molecular complexity index is 601. The molecular formula is C13H20N4O4S. The summed E-state index contributed by atoms with van der Waals surface area (Å²) >= 11 is 0. The highest BCUT2D eigenvalue weighted by Gasteiger charge is 2.35. The predicted octanol–water partition coefficient (Wildman–Crippen LogP) is -0.265. The van der Waals surface area contributed by atoms with E-state index in [1.54, 1.807) is 12.4 Å². The molecule has 122 valence electrons. The first-order valence-electron chi connectivity index (χ1n) is 7.30. The molecule has 2 aliphatic rings. The van der Waals surface area contributed by atoms with Crippen LogP contribution in [0.4, 0.5) is 0 Å². The second-order valence-corrected chi connectivity index (χ2v) is 7.25. The summed E-state index contributed by atoms with van der Waals surface area (Å²) in [5, 5.41) is 0. The Labute approximate surface area is 130 Å². The van der Waals surface area contributed by atoms with Gasteiger partial charge in [-0.1, -0.05) is 0 Å². The number of hydrogen-bond acceptors (Lipinski definition) is 6. The van der Waals surface area contributed by atoms with Crippen molar-refractivity contribution in [2.24, 2.45) is 0 Å². The van der Waals surface area contributed by atoms with Crippen molar-refractivity contribution in [1.29, 1.82) is 0 Å². The van der Waals surface area contributed by atoms with Crippen LogP contribution in [0.15, 0.2) is 12.4 Å². The second kappa shape index (κ2) is 6.55. The molecule has 8 nitrogen and oxygen atoms in total. The molecule has 0 radical (unpaired) electrons. The highest BCUT2D eigenvalue weighted by atomic mass is 32.2. The number of aromatic nitrogens is 2. The maximum Gasteiger partial charge on any atom is 0.282 e. The first-order valence-corrected chi connectivity index (χ1v) is 8.70. The molecule has 2 saturated heterocycles. The van der Waals surface area contributed by atoms with E-state index in [0.717, 1.165) is 5.69 Å². The molecule has 0 amide bonds. The third-order valence-electron chi connectivity index (χ3n) is 3.78. The molecule has 3 rings (SSSR count). The summed E-state index contributed by atoms with van der Waals surface area (Å²) in [4.78, 5) is 8.48. The Hall–Kier alpha value is -1.13. The van der Waals surface area contributed by atoms with Crippen LogP contribution in [0.5, 0.6) is 0 Å². The maximum absolute atomic E-state index is 12.7. The van der Waals surface area contributed by atoms with Gasteiger partial charge in [-0.15, -0.1) is 0 Å². The monoisotopic (exact) mass is 328 g/mol. The molecule has 0 aromatic carbocycles. The van der Waals surface area contributed by atoms with Crippen molar-refractivity contribution < 1.29 is 17.9 Å². The van der Waals surface area contributed by atoms with Crippen molar-refractivity contribution in [2.75, 3.05) is 46.0 Å². The van der Waals surface area contributed by atoms with Gasteiger partial charge in [-0.2, -0.15) is 17.0 Å². The molecule has 9 heteroatoms. The second-order valence-electron chi connectivity index (χ2n) is 5.32. The van der Waals surface area contributed by atoms with E-state index >= 15 is 0 Å². The van der Waals surface area contributed by atoms with E-state index in [2.05, 4.69) is 9.97 Å². The van der Waals surface area contributed by atoms with Crippen molar-refractivity contribution in [2.45, 2.75) is 13.0 Å². The van der Waals surface area contributed by atoms with Crippen LogP contribution in [0.2, 0.25) is 0 Å². The fourth-order valence-corrected chi connectivity index (χ4v) is 4.09. The molecule has 1 unspecified atom stereocenters. The number of nitrogens with zero attached hydrogens (tertiary/aromatic N) is 4. The molecule has 2 aliphatic heterocycles. The largest absolute Gasteiger partial charge is 0.379 e. The molecule has 0 spiro atoms. The van der Waals surface area contributed by atoms with Crippen LogP contribution in [0.25, 0.3) is 0 Å². The maximum atomic E-state index is 12.7. The summed E-state index contributed by atoms with van der Waals surface area (Å²) in [5.41, 5.74) is 1.48. The molecule has 2 fully saturated rings. The van der Waals surface area contributed by atoms with E-state index in [4.69, 9.17) is 9.47 Å². The first kappa shape index (κ1) is 15.8. The van der Waals surface area contributed by atoms with E-state index in [1.165, 1.54) is 8.61 Å². The van der Waals surface area contributed by atoms with Gasteiger partial charge in [0.2, 0.25) is 0 Å². The lowest BCUT2D eigenvalue weighted by atomic mass is 10.2. The molecule has 0 bridgehead atoms. The minimum absolute atomic E-state index is 0.261. The van der Waals surface area contributed by atoms with E-state index in [1.807, 2.05) is 6.92 Å². The van der Waals surface area contributed by atoms with Crippen molar-refractivity contribution >= 4 is 10.2 Å². The molecule has 0 N–H and O–H groups in total. The standard InChI is InChI=1S/C13H20N4O4S/c1-11-8-15-12(9-14-11)13-10-17(4-7-21-13)22(18,19)16-2-5-20-6-3-16/h8-9,13H,2-7,10H2,1H3. The van der Waals surface area contributed by atoms with Gasteiger partial charge in [-0.05, 0) is 6.92 Å². The fourth-order valence-electron chi connectivity index (χ4n) is 2.52. The summed E-state index contributed by atoms with van der Waals surface area (Å²) in [6.07, 6.45) is 2.93. The SMILES string of the molecule is Cc1cnc(C2CN(S(=O)(=O)N3CCOCC3)CCO2)cn1. The van der Waals surface area contributed by atoms with Crippen LogP contribution >= 0.6 is 0 Å².